The number of nitrogens with zero attached hydrogens (tertiary/aromatic N) is 2. The second-order valence-corrected chi connectivity index (χ2v) is 21.8. The van der Waals surface area contributed by atoms with Crippen molar-refractivity contribution in [3.8, 4) is 22.9 Å². The molecule has 0 saturated carbocycles. The number of carbonyl (C=O) groups excluding carboxylic acids is 2. The van der Waals surface area contributed by atoms with E-state index in [1.165, 1.54) is 62.1 Å². The molecule has 2 heterocycles. The summed E-state index contributed by atoms with van der Waals surface area (Å²) in [6.45, 7) is 18.9. The normalized spacial score (nSPS) is 12.1. The van der Waals surface area contributed by atoms with Gasteiger partial charge in [-0.15, -0.1) is 0 Å². The molecule has 0 fully saturated rings. The van der Waals surface area contributed by atoms with E-state index in [-0.39, 0.29) is 50.8 Å². The molecule has 0 bridgehead atoms. The molecule has 0 aliphatic carbocycles. The summed E-state index contributed by atoms with van der Waals surface area (Å²) in [6, 6.07) is 25.1. The predicted octanol–water partition coefficient (Wildman–Crippen LogP) is 9.58. The van der Waals surface area contributed by atoms with Gasteiger partial charge in [0.05, 0.1) is 46.5 Å². The van der Waals surface area contributed by atoms with Gasteiger partial charge in [-0.3, -0.25) is 0 Å². The van der Waals surface area contributed by atoms with Crippen molar-refractivity contribution in [1.29, 1.82) is 0 Å². The van der Waals surface area contributed by atoms with E-state index in [1.54, 1.807) is 12.1 Å². The molecule has 2 aromatic heterocycles. The minimum Gasteiger partial charge on any atom is -0.465 e. The standard InChI is InChI=1S/C26H32N2O5S.C25H30N2O5S/c1-17(2)22-12-11-21(15-23(22)25(29)32-6)34(30,31)27-14-13-20-16-33-24(28-20)18-7-9-19(10-8-18)26(3,4)5;1-6-17-9-12-21(15-22(17)24(28)31-5)33(29,30)26-14-13-20-16-32-23(27-20)18-7-10-19(11-8-18)25(2,3)4/h7-12,15-17,27H,13-14H2,1-6H3;7-12,15-16,26H,6,13-14H2,1-5H3. The van der Waals surface area contributed by atoms with Gasteiger partial charge in [0.1, 0.15) is 12.5 Å². The van der Waals surface area contributed by atoms with Crippen LogP contribution in [0.3, 0.4) is 0 Å². The number of carbonyl (C=O) groups is 2. The maximum absolute atomic E-state index is 12.8. The summed E-state index contributed by atoms with van der Waals surface area (Å²) in [6.07, 6.45) is 4.38. The van der Waals surface area contributed by atoms with Crippen LogP contribution < -0.4 is 9.44 Å². The van der Waals surface area contributed by atoms with Crippen LogP contribution in [-0.4, -0.2) is 66.1 Å². The lowest BCUT2D eigenvalue weighted by molar-refractivity contribution is 0.0590. The Bertz CT molecular complexity index is 2870. The van der Waals surface area contributed by atoms with Crippen molar-refractivity contribution in [2.24, 2.45) is 0 Å². The molecule has 0 saturated heterocycles. The molecule has 358 valence electrons. The van der Waals surface area contributed by atoms with E-state index in [2.05, 4.69) is 85.2 Å². The number of esters is 2. The second-order valence-electron chi connectivity index (χ2n) is 18.3. The molecular formula is C51H62N4O10S2. The Morgan fingerprint density at radius 3 is 1.40 bits per heavy atom. The Hall–Kier alpha value is -5.94. The van der Waals surface area contributed by atoms with Crippen molar-refractivity contribution in [2.45, 2.75) is 108 Å². The van der Waals surface area contributed by atoms with Gasteiger partial charge < -0.3 is 18.3 Å². The fourth-order valence-electron chi connectivity index (χ4n) is 6.95. The van der Waals surface area contributed by atoms with Crippen molar-refractivity contribution in [3.05, 3.63) is 142 Å². The summed E-state index contributed by atoms with van der Waals surface area (Å²) in [7, 11) is -5.07. The lowest BCUT2D eigenvalue weighted by atomic mass is 9.87. The molecule has 14 nitrogen and oxygen atoms in total. The number of aromatic nitrogens is 2. The summed E-state index contributed by atoms with van der Waals surface area (Å²) in [5.41, 5.74) is 7.52. The summed E-state index contributed by atoms with van der Waals surface area (Å²) in [4.78, 5) is 33.1. The average Bonchev–Trinajstić information content (AvgIpc) is 3.98. The fourth-order valence-corrected chi connectivity index (χ4v) is 9.07. The van der Waals surface area contributed by atoms with Crippen molar-refractivity contribution in [3.63, 3.8) is 0 Å². The number of hydrogen-bond acceptors (Lipinski definition) is 12. The minimum atomic E-state index is -3.82. The Balaban J connectivity index is 0.000000251. The fraction of sp³-hybridized carbons (Fsp3) is 0.373. The molecule has 4 aromatic carbocycles. The molecule has 0 atom stereocenters. The van der Waals surface area contributed by atoms with E-state index in [0.29, 0.717) is 42.4 Å². The summed E-state index contributed by atoms with van der Waals surface area (Å²) in [5, 5.41) is 0. The first-order valence-electron chi connectivity index (χ1n) is 22.0. The van der Waals surface area contributed by atoms with Crippen LogP contribution in [0.1, 0.15) is 123 Å². The highest BCUT2D eigenvalue weighted by atomic mass is 32.2. The third-order valence-electron chi connectivity index (χ3n) is 11.0. The molecule has 0 unspecified atom stereocenters. The third kappa shape index (κ3) is 13.6. The van der Waals surface area contributed by atoms with E-state index < -0.39 is 32.0 Å². The number of ether oxygens (including phenoxy) is 2. The first-order valence-corrected chi connectivity index (χ1v) is 25.0. The smallest absolute Gasteiger partial charge is 0.338 e. The zero-order valence-corrected chi connectivity index (χ0v) is 41.8. The van der Waals surface area contributed by atoms with Gasteiger partial charge in [-0.25, -0.2) is 45.8 Å². The first-order chi connectivity index (χ1) is 31.5. The monoisotopic (exact) mass is 954 g/mol. The van der Waals surface area contributed by atoms with Crippen molar-refractivity contribution >= 4 is 32.0 Å². The van der Waals surface area contributed by atoms with Crippen molar-refractivity contribution in [1.82, 2.24) is 19.4 Å². The maximum Gasteiger partial charge on any atom is 0.338 e. The molecule has 0 aliphatic rings. The van der Waals surface area contributed by atoms with Gasteiger partial charge >= 0.3 is 11.9 Å². The van der Waals surface area contributed by atoms with Crippen LogP contribution in [0.5, 0.6) is 0 Å². The van der Waals surface area contributed by atoms with E-state index in [0.717, 1.165) is 22.3 Å². The van der Waals surface area contributed by atoms with Gasteiger partial charge in [0, 0.05) is 37.1 Å². The largest absolute Gasteiger partial charge is 0.465 e. The first kappa shape index (κ1) is 52.0. The molecule has 6 rings (SSSR count). The van der Waals surface area contributed by atoms with Crippen LogP contribution in [-0.2, 0) is 59.6 Å². The number of benzene rings is 4. The van der Waals surface area contributed by atoms with Crippen LogP contribution in [0.15, 0.2) is 116 Å². The Morgan fingerprint density at radius 2 is 1.01 bits per heavy atom. The van der Waals surface area contributed by atoms with Gasteiger partial charge in [0.2, 0.25) is 31.8 Å². The molecule has 0 radical (unpaired) electrons. The highest BCUT2D eigenvalue weighted by molar-refractivity contribution is 7.89. The SMILES string of the molecule is CCc1ccc(S(=O)(=O)NCCc2coc(-c3ccc(C(C)(C)C)cc3)n2)cc1C(=O)OC.COC(=O)c1cc(S(=O)(=O)NCCc2coc(-c3ccc(C(C)(C)C)cc3)n2)ccc1C(C)C. The zero-order chi connectivity index (χ0) is 49.3. The molecule has 0 amide bonds. The predicted molar refractivity (Wildman–Crippen MR) is 258 cm³/mol. The molecule has 6 aromatic rings. The Kier molecular flexibility index (Phi) is 16.9. The number of nitrogens with one attached hydrogen (secondary N) is 2. The summed E-state index contributed by atoms with van der Waals surface area (Å²) < 4.78 is 76.9. The van der Waals surface area contributed by atoms with Crippen LogP contribution >= 0.6 is 0 Å². The lowest BCUT2D eigenvalue weighted by Crippen LogP contribution is -2.26. The number of oxazole rings is 2. The number of sulfonamides is 2. The zero-order valence-electron chi connectivity index (χ0n) is 40.1. The quantitative estimate of drug-likeness (QED) is 0.0873. The molecule has 16 heteroatoms. The van der Waals surface area contributed by atoms with Gasteiger partial charge in [-0.1, -0.05) is 98.7 Å². The number of rotatable bonds is 16. The van der Waals surface area contributed by atoms with Gasteiger partial charge in [-0.05, 0) is 94.0 Å². The van der Waals surface area contributed by atoms with Crippen molar-refractivity contribution < 1.29 is 44.7 Å². The minimum absolute atomic E-state index is 0.0112. The van der Waals surface area contributed by atoms with E-state index in [9.17, 15) is 26.4 Å². The van der Waals surface area contributed by atoms with Crippen LogP contribution in [0.4, 0.5) is 0 Å². The lowest BCUT2D eigenvalue weighted by Gasteiger charge is -2.18. The van der Waals surface area contributed by atoms with E-state index in [4.69, 9.17) is 18.3 Å². The number of hydrogen-bond donors (Lipinski definition) is 2. The van der Waals surface area contributed by atoms with Gasteiger partial charge in [0.15, 0.2) is 0 Å². The van der Waals surface area contributed by atoms with E-state index in [1.807, 2.05) is 45.0 Å². The van der Waals surface area contributed by atoms with Crippen LogP contribution in [0, 0.1) is 0 Å². The van der Waals surface area contributed by atoms with Gasteiger partial charge in [-0.2, -0.15) is 0 Å². The summed E-state index contributed by atoms with van der Waals surface area (Å²) >= 11 is 0. The maximum atomic E-state index is 12.8. The topological polar surface area (TPSA) is 197 Å². The average molecular weight is 955 g/mol. The molecule has 0 aliphatic heterocycles. The molecular weight excluding hydrogens is 893 g/mol. The van der Waals surface area contributed by atoms with E-state index >= 15 is 0 Å². The van der Waals surface area contributed by atoms with Crippen molar-refractivity contribution in [2.75, 3.05) is 27.3 Å². The van der Waals surface area contributed by atoms with Gasteiger partial charge in [0.25, 0.3) is 0 Å². The number of methoxy groups -OCH3 is 2. The van der Waals surface area contributed by atoms with Crippen LogP contribution in [0.25, 0.3) is 22.9 Å². The Morgan fingerprint density at radius 1 is 0.612 bits per heavy atom. The second kappa shape index (κ2) is 21.8. The Labute approximate surface area is 395 Å². The third-order valence-corrected chi connectivity index (χ3v) is 13.9. The molecule has 67 heavy (non-hydrogen) atoms. The highest BCUT2D eigenvalue weighted by Crippen LogP contribution is 2.28. The van der Waals surface area contributed by atoms with Crippen LogP contribution in [0.2, 0.25) is 0 Å². The highest BCUT2D eigenvalue weighted by Gasteiger charge is 2.23. The number of aryl methyl sites for hydroxylation is 1. The molecule has 0 spiro atoms. The molecule has 2 N–H and O–H groups in total. The summed E-state index contributed by atoms with van der Waals surface area (Å²) in [5.74, 6) is -0.0951.